The number of hydrogen-bond donors (Lipinski definition) is 3. The quantitative estimate of drug-likeness (QED) is 0.594. The first-order valence-corrected chi connectivity index (χ1v) is 7.05. The van der Waals surface area contributed by atoms with Crippen molar-refractivity contribution in [2.24, 2.45) is 0 Å². The molecule has 1 aromatic carbocycles. The molecule has 0 unspecified atom stereocenters. The molecule has 0 saturated carbocycles. The highest BCUT2D eigenvalue weighted by atomic mass is 16.5. The van der Waals surface area contributed by atoms with Gasteiger partial charge in [0.05, 0.1) is 13.2 Å². The molecule has 0 aliphatic carbocycles. The minimum absolute atomic E-state index is 0.106. The van der Waals surface area contributed by atoms with Gasteiger partial charge in [0, 0.05) is 31.5 Å². The zero-order chi connectivity index (χ0) is 15.5. The van der Waals surface area contributed by atoms with Crippen LogP contribution in [0.15, 0.2) is 24.3 Å². The second-order valence-electron chi connectivity index (χ2n) is 4.53. The van der Waals surface area contributed by atoms with E-state index in [1.165, 1.54) is 0 Å². The first kappa shape index (κ1) is 17.0. The van der Waals surface area contributed by atoms with Gasteiger partial charge in [0.15, 0.2) is 0 Å². The number of carbonyl (C=O) groups is 2. The van der Waals surface area contributed by atoms with Crippen LogP contribution in [0.3, 0.4) is 0 Å². The van der Waals surface area contributed by atoms with E-state index in [0.29, 0.717) is 25.3 Å². The van der Waals surface area contributed by atoms with Crippen molar-refractivity contribution >= 4 is 17.5 Å². The molecule has 1 rings (SSSR count). The van der Waals surface area contributed by atoms with E-state index in [1.54, 1.807) is 25.3 Å². The summed E-state index contributed by atoms with van der Waals surface area (Å²) in [5.74, 6) is -0.224. The molecule has 1 aromatic rings. The van der Waals surface area contributed by atoms with Crippen LogP contribution < -0.4 is 16.0 Å². The van der Waals surface area contributed by atoms with Crippen molar-refractivity contribution in [2.75, 3.05) is 38.7 Å². The van der Waals surface area contributed by atoms with E-state index in [2.05, 4.69) is 16.0 Å². The summed E-state index contributed by atoms with van der Waals surface area (Å²) in [6.45, 7) is 3.78. The zero-order valence-electron chi connectivity index (χ0n) is 12.6. The zero-order valence-corrected chi connectivity index (χ0v) is 12.6. The predicted molar refractivity (Wildman–Crippen MR) is 82.4 cm³/mol. The van der Waals surface area contributed by atoms with Gasteiger partial charge in [0.1, 0.15) is 0 Å². The number of hydrogen-bond acceptors (Lipinski definition) is 4. The van der Waals surface area contributed by atoms with Crippen molar-refractivity contribution in [1.29, 1.82) is 0 Å². The Labute approximate surface area is 125 Å². The second-order valence-corrected chi connectivity index (χ2v) is 4.53. The Morgan fingerprint density at radius 2 is 2.00 bits per heavy atom. The van der Waals surface area contributed by atoms with E-state index in [0.717, 1.165) is 12.1 Å². The van der Waals surface area contributed by atoms with Crippen molar-refractivity contribution in [1.82, 2.24) is 10.6 Å². The molecule has 0 atom stereocenters. The van der Waals surface area contributed by atoms with Gasteiger partial charge in [-0.05, 0) is 24.6 Å². The molecular weight excluding hydrogens is 270 g/mol. The summed E-state index contributed by atoms with van der Waals surface area (Å²) < 4.78 is 4.85. The van der Waals surface area contributed by atoms with Crippen LogP contribution in [0.4, 0.5) is 5.69 Å². The first-order chi connectivity index (χ1) is 10.2. The van der Waals surface area contributed by atoms with Gasteiger partial charge in [-0.25, -0.2) is 0 Å². The predicted octanol–water partition coefficient (Wildman–Crippen LogP) is 1.00. The number of nitrogens with one attached hydrogen (secondary N) is 3. The number of amides is 2. The third-order valence-electron chi connectivity index (χ3n) is 2.74. The molecule has 0 bridgehead atoms. The molecule has 116 valence electrons. The van der Waals surface area contributed by atoms with Crippen LogP contribution in [0.25, 0.3) is 0 Å². The number of benzene rings is 1. The fourth-order valence-electron chi connectivity index (χ4n) is 1.65. The van der Waals surface area contributed by atoms with E-state index >= 15 is 0 Å². The van der Waals surface area contributed by atoms with Crippen LogP contribution in [-0.2, 0) is 9.53 Å². The highest BCUT2D eigenvalue weighted by Crippen LogP contribution is 2.10. The highest BCUT2D eigenvalue weighted by Gasteiger charge is 2.06. The summed E-state index contributed by atoms with van der Waals surface area (Å²) in [6.07, 6.45) is 0.894. The molecule has 0 saturated heterocycles. The van der Waals surface area contributed by atoms with Crippen LogP contribution in [0, 0.1) is 0 Å². The van der Waals surface area contributed by atoms with E-state index in [1.807, 2.05) is 13.0 Å². The number of anilines is 1. The summed E-state index contributed by atoms with van der Waals surface area (Å²) in [6, 6.07) is 7.08. The Hall–Kier alpha value is -2.08. The van der Waals surface area contributed by atoms with E-state index < -0.39 is 0 Å². The molecule has 6 nitrogen and oxygen atoms in total. The Balaban J connectivity index is 2.45. The highest BCUT2D eigenvalue weighted by molar-refractivity contribution is 5.95. The summed E-state index contributed by atoms with van der Waals surface area (Å²) >= 11 is 0. The van der Waals surface area contributed by atoms with Crippen LogP contribution in [0.1, 0.15) is 23.7 Å². The lowest BCUT2D eigenvalue weighted by atomic mass is 10.2. The Bertz CT molecular complexity index is 463. The molecule has 0 spiro atoms. The van der Waals surface area contributed by atoms with Gasteiger partial charge in [0.25, 0.3) is 5.91 Å². The van der Waals surface area contributed by atoms with E-state index in [4.69, 9.17) is 4.74 Å². The van der Waals surface area contributed by atoms with Gasteiger partial charge in [0.2, 0.25) is 5.91 Å². The standard InChI is InChI=1S/C15H23N3O3/c1-3-7-17-15(20)12-5-4-6-13(10-12)18-11-14(19)16-8-9-21-2/h4-6,10,18H,3,7-9,11H2,1-2H3,(H,16,19)(H,17,20). The second kappa shape index (κ2) is 9.77. The lowest BCUT2D eigenvalue weighted by molar-refractivity contribution is -0.119. The van der Waals surface area contributed by atoms with Crippen molar-refractivity contribution in [3.8, 4) is 0 Å². The van der Waals surface area contributed by atoms with Gasteiger partial charge < -0.3 is 20.7 Å². The fraction of sp³-hybridized carbons (Fsp3) is 0.467. The maximum absolute atomic E-state index is 11.8. The minimum Gasteiger partial charge on any atom is -0.383 e. The van der Waals surface area contributed by atoms with E-state index in [-0.39, 0.29) is 18.4 Å². The summed E-state index contributed by atoms with van der Waals surface area (Å²) in [4.78, 5) is 23.4. The Morgan fingerprint density at radius 3 is 2.71 bits per heavy atom. The largest absolute Gasteiger partial charge is 0.383 e. The molecule has 21 heavy (non-hydrogen) atoms. The average Bonchev–Trinajstić information content (AvgIpc) is 2.51. The smallest absolute Gasteiger partial charge is 0.251 e. The molecule has 0 aliphatic heterocycles. The maximum atomic E-state index is 11.8. The normalized spacial score (nSPS) is 10.0. The third-order valence-corrected chi connectivity index (χ3v) is 2.74. The van der Waals surface area contributed by atoms with E-state index in [9.17, 15) is 9.59 Å². The molecule has 0 heterocycles. The lowest BCUT2D eigenvalue weighted by Crippen LogP contribution is -2.32. The summed E-state index contributed by atoms with van der Waals surface area (Å²) in [7, 11) is 1.58. The Kier molecular flexibility index (Phi) is 7.89. The molecule has 0 aliphatic rings. The van der Waals surface area contributed by atoms with Crippen molar-refractivity contribution in [3.05, 3.63) is 29.8 Å². The topological polar surface area (TPSA) is 79.5 Å². The van der Waals surface area contributed by atoms with Crippen LogP contribution >= 0.6 is 0 Å². The first-order valence-electron chi connectivity index (χ1n) is 7.05. The van der Waals surface area contributed by atoms with Crippen molar-refractivity contribution in [3.63, 3.8) is 0 Å². The average molecular weight is 293 g/mol. The molecule has 0 aromatic heterocycles. The Morgan fingerprint density at radius 1 is 1.19 bits per heavy atom. The molecule has 6 heteroatoms. The number of carbonyl (C=O) groups excluding carboxylic acids is 2. The number of ether oxygens (including phenoxy) is 1. The molecule has 2 amide bonds. The molecule has 3 N–H and O–H groups in total. The van der Waals surface area contributed by atoms with Crippen LogP contribution in [0.2, 0.25) is 0 Å². The summed E-state index contributed by atoms with van der Waals surface area (Å²) in [5.41, 5.74) is 1.31. The third kappa shape index (κ3) is 6.76. The van der Waals surface area contributed by atoms with Gasteiger partial charge in [-0.2, -0.15) is 0 Å². The van der Waals surface area contributed by atoms with Crippen molar-refractivity contribution in [2.45, 2.75) is 13.3 Å². The van der Waals surface area contributed by atoms with Crippen LogP contribution in [-0.4, -0.2) is 45.2 Å². The van der Waals surface area contributed by atoms with Gasteiger partial charge >= 0.3 is 0 Å². The van der Waals surface area contributed by atoms with Crippen molar-refractivity contribution < 1.29 is 14.3 Å². The molecule has 0 fully saturated rings. The van der Waals surface area contributed by atoms with Gasteiger partial charge in [-0.15, -0.1) is 0 Å². The SMILES string of the molecule is CCCNC(=O)c1cccc(NCC(=O)NCCOC)c1. The maximum Gasteiger partial charge on any atom is 0.251 e. The lowest BCUT2D eigenvalue weighted by Gasteiger charge is -2.09. The van der Waals surface area contributed by atoms with Crippen LogP contribution in [0.5, 0.6) is 0 Å². The fourth-order valence-corrected chi connectivity index (χ4v) is 1.65. The van der Waals surface area contributed by atoms with Gasteiger partial charge in [-0.3, -0.25) is 9.59 Å². The molecule has 0 radical (unpaired) electrons. The minimum atomic E-state index is -0.118. The molecular formula is C15H23N3O3. The monoisotopic (exact) mass is 293 g/mol. The number of rotatable bonds is 9. The summed E-state index contributed by atoms with van der Waals surface area (Å²) in [5, 5.41) is 8.52. The van der Waals surface area contributed by atoms with Gasteiger partial charge in [-0.1, -0.05) is 13.0 Å². The number of methoxy groups -OCH3 is 1.